The van der Waals surface area contributed by atoms with Crippen LogP contribution in [-0.4, -0.2) is 48.7 Å². The number of thioether (sulfide) groups is 1. The second-order valence-electron chi connectivity index (χ2n) is 6.27. The quantitative estimate of drug-likeness (QED) is 0.403. The molecule has 4 rings (SSSR count). The Morgan fingerprint density at radius 1 is 1.13 bits per heavy atom. The Balaban J connectivity index is 1.38. The van der Waals surface area contributed by atoms with Crippen LogP contribution in [0.1, 0.15) is 6.92 Å². The number of ether oxygens (including phenoxy) is 1. The van der Waals surface area contributed by atoms with Crippen LogP contribution < -0.4 is 10.1 Å². The number of aromatic nitrogens is 6. The van der Waals surface area contributed by atoms with Crippen molar-refractivity contribution in [3.05, 3.63) is 48.8 Å². The van der Waals surface area contributed by atoms with Crippen LogP contribution in [0.4, 0.5) is 5.13 Å². The molecule has 0 radical (unpaired) electrons. The van der Waals surface area contributed by atoms with Gasteiger partial charge >= 0.3 is 0 Å². The first-order chi connectivity index (χ1) is 15.2. The Morgan fingerprint density at radius 3 is 2.68 bits per heavy atom. The van der Waals surface area contributed by atoms with Gasteiger partial charge < -0.3 is 9.30 Å². The van der Waals surface area contributed by atoms with Crippen LogP contribution in [0, 0.1) is 0 Å². The zero-order chi connectivity index (χ0) is 21.6. The summed E-state index contributed by atoms with van der Waals surface area (Å²) in [6.07, 6.45) is 3.46. The van der Waals surface area contributed by atoms with Crippen LogP contribution in [0.2, 0.25) is 0 Å². The van der Waals surface area contributed by atoms with Crippen LogP contribution in [0.3, 0.4) is 0 Å². The lowest BCUT2D eigenvalue weighted by Gasteiger charge is -2.06. The average molecular weight is 454 g/mol. The lowest BCUT2D eigenvalue weighted by atomic mass is 10.2. The SMILES string of the molecule is CCn1c(SCC(=O)Nc2nnc(-c3ccc(OC)cc3)s2)nnc1-c1cccnc1. The number of anilines is 1. The molecule has 0 fully saturated rings. The summed E-state index contributed by atoms with van der Waals surface area (Å²) in [6.45, 7) is 2.69. The molecular formula is C20H19N7O2S2. The summed E-state index contributed by atoms with van der Waals surface area (Å²) in [5.74, 6) is 1.50. The van der Waals surface area contributed by atoms with Gasteiger partial charge in [0, 0.05) is 30.1 Å². The fraction of sp³-hybridized carbons (Fsp3) is 0.200. The van der Waals surface area contributed by atoms with Gasteiger partial charge in [-0.25, -0.2) is 0 Å². The zero-order valence-corrected chi connectivity index (χ0v) is 18.5. The van der Waals surface area contributed by atoms with Gasteiger partial charge in [-0.3, -0.25) is 15.1 Å². The van der Waals surface area contributed by atoms with Crippen molar-refractivity contribution >= 4 is 34.1 Å². The number of hydrogen-bond donors (Lipinski definition) is 1. The molecule has 3 aromatic heterocycles. The molecule has 0 saturated heterocycles. The molecule has 0 aliphatic heterocycles. The van der Waals surface area contributed by atoms with Gasteiger partial charge in [0.25, 0.3) is 0 Å². The molecule has 0 spiro atoms. The number of nitrogens with zero attached hydrogens (tertiary/aromatic N) is 6. The third kappa shape index (κ3) is 4.89. The van der Waals surface area contributed by atoms with Gasteiger partial charge in [-0.05, 0) is 43.3 Å². The highest BCUT2D eigenvalue weighted by Crippen LogP contribution is 2.28. The number of amides is 1. The van der Waals surface area contributed by atoms with E-state index in [2.05, 4.69) is 30.7 Å². The predicted molar refractivity (Wildman–Crippen MR) is 120 cm³/mol. The Hall–Kier alpha value is -3.31. The van der Waals surface area contributed by atoms with Crippen LogP contribution >= 0.6 is 23.1 Å². The van der Waals surface area contributed by atoms with Gasteiger partial charge in [-0.1, -0.05) is 23.1 Å². The second kappa shape index (κ2) is 9.67. The maximum Gasteiger partial charge on any atom is 0.236 e. The molecule has 31 heavy (non-hydrogen) atoms. The van der Waals surface area contributed by atoms with Gasteiger partial charge in [-0.15, -0.1) is 20.4 Å². The van der Waals surface area contributed by atoms with Crippen molar-refractivity contribution in [2.45, 2.75) is 18.6 Å². The van der Waals surface area contributed by atoms with Crippen molar-refractivity contribution < 1.29 is 9.53 Å². The number of benzene rings is 1. The number of pyridine rings is 1. The highest BCUT2D eigenvalue weighted by atomic mass is 32.2. The summed E-state index contributed by atoms with van der Waals surface area (Å²) in [5.41, 5.74) is 1.79. The summed E-state index contributed by atoms with van der Waals surface area (Å²) in [4.78, 5) is 16.5. The lowest BCUT2D eigenvalue weighted by Crippen LogP contribution is -2.14. The molecule has 4 aromatic rings. The van der Waals surface area contributed by atoms with Gasteiger partial charge in [0.1, 0.15) is 10.8 Å². The Kier molecular flexibility index (Phi) is 6.53. The maximum atomic E-state index is 12.4. The van der Waals surface area contributed by atoms with E-state index in [0.29, 0.717) is 16.8 Å². The Morgan fingerprint density at radius 2 is 1.97 bits per heavy atom. The molecule has 0 unspecified atom stereocenters. The number of hydrogen-bond acceptors (Lipinski definition) is 9. The average Bonchev–Trinajstić information content (AvgIpc) is 3.45. The van der Waals surface area contributed by atoms with Gasteiger partial charge in [0.15, 0.2) is 11.0 Å². The van der Waals surface area contributed by atoms with E-state index in [1.54, 1.807) is 19.5 Å². The first kappa shape index (κ1) is 20.9. The van der Waals surface area contributed by atoms with E-state index in [1.807, 2.05) is 47.9 Å². The van der Waals surface area contributed by atoms with Crippen molar-refractivity contribution in [3.8, 4) is 27.7 Å². The molecule has 0 bridgehead atoms. The van der Waals surface area contributed by atoms with Crippen molar-refractivity contribution in [3.63, 3.8) is 0 Å². The third-order valence-electron chi connectivity index (χ3n) is 4.29. The molecule has 1 N–H and O–H groups in total. The predicted octanol–water partition coefficient (Wildman–Crippen LogP) is 3.62. The van der Waals surface area contributed by atoms with E-state index in [9.17, 15) is 4.79 Å². The molecule has 3 heterocycles. The minimum atomic E-state index is -0.184. The maximum absolute atomic E-state index is 12.4. The van der Waals surface area contributed by atoms with Crippen molar-refractivity contribution in [1.29, 1.82) is 0 Å². The number of rotatable bonds is 8. The highest BCUT2D eigenvalue weighted by molar-refractivity contribution is 7.99. The van der Waals surface area contributed by atoms with E-state index >= 15 is 0 Å². The topological polar surface area (TPSA) is 108 Å². The van der Waals surface area contributed by atoms with Crippen LogP contribution in [0.15, 0.2) is 53.9 Å². The molecule has 9 nitrogen and oxygen atoms in total. The Labute approximate surface area is 186 Å². The largest absolute Gasteiger partial charge is 0.497 e. The summed E-state index contributed by atoms with van der Waals surface area (Å²) in [7, 11) is 1.62. The summed E-state index contributed by atoms with van der Waals surface area (Å²) in [5, 5.41) is 21.3. The van der Waals surface area contributed by atoms with E-state index in [4.69, 9.17) is 4.74 Å². The molecule has 0 aliphatic rings. The van der Waals surface area contributed by atoms with Crippen LogP contribution in [0.25, 0.3) is 22.0 Å². The summed E-state index contributed by atoms with van der Waals surface area (Å²) in [6, 6.07) is 11.3. The van der Waals surface area contributed by atoms with Gasteiger partial charge in [0.2, 0.25) is 11.0 Å². The van der Waals surface area contributed by atoms with Crippen molar-refractivity contribution in [2.75, 3.05) is 18.2 Å². The monoisotopic (exact) mass is 453 g/mol. The highest BCUT2D eigenvalue weighted by Gasteiger charge is 2.16. The smallest absolute Gasteiger partial charge is 0.236 e. The fourth-order valence-electron chi connectivity index (χ4n) is 2.80. The van der Waals surface area contributed by atoms with Gasteiger partial charge in [0.05, 0.1) is 12.9 Å². The molecule has 0 atom stereocenters. The van der Waals surface area contributed by atoms with Gasteiger partial charge in [-0.2, -0.15) is 0 Å². The summed E-state index contributed by atoms with van der Waals surface area (Å²) >= 11 is 2.64. The molecule has 1 amide bonds. The van der Waals surface area contributed by atoms with Crippen LogP contribution in [-0.2, 0) is 11.3 Å². The number of carbonyl (C=O) groups excluding carboxylic acids is 1. The molecule has 158 valence electrons. The van der Waals surface area contributed by atoms with Crippen molar-refractivity contribution in [1.82, 2.24) is 29.9 Å². The van der Waals surface area contributed by atoms with E-state index in [-0.39, 0.29) is 11.7 Å². The molecule has 0 saturated carbocycles. The first-order valence-corrected chi connectivity index (χ1v) is 11.2. The second-order valence-corrected chi connectivity index (χ2v) is 8.19. The zero-order valence-electron chi connectivity index (χ0n) is 16.8. The van der Waals surface area contributed by atoms with Crippen LogP contribution in [0.5, 0.6) is 5.75 Å². The third-order valence-corrected chi connectivity index (χ3v) is 6.15. The number of nitrogens with one attached hydrogen (secondary N) is 1. The minimum absolute atomic E-state index is 0.183. The molecule has 0 aliphatic carbocycles. The fourth-order valence-corrected chi connectivity index (χ4v) is 4.37. The molecule has 11 heteroatoms. The van der Waals surface area contributed by atoms with E-state index in [1.165, 1.54) is 23.1 Å². The minimum Gasteiger partial charge on any atom is -0.497 e. The van der Waals surface area contributed by atoms with E-state index < -0.39 is 0 Å². The number of carbonyl (C=O) groups is 1. The number of methoxy groups -OCH3 is 1. The van der Waals surface area contributed by atoms with E-state index in [0.717, 1.165) is 27.7 Å². The first-order valence-electron chi connectivity index (χ1n) is 9.42. The summed E-state index contributed by atoms with van der Waals surface area (Å²) < 4.78 is 7.12. The lowest BCUT2D eigenvalue weighted by molar-refractivity contribution is -0.113. The molecule has 1 aromatic carbocycles. The van der Waals surface area contributed by atoms with Crippen molar-refractivity contribution in [2.24, 2.45) is 0 Å². The normalized spacial score (nSPS) is 10.8. The standard InChI is InChI=1S/C20H19N7O2S2/c1-3-27-17(14-5-4-10-21-11-14)23-26-20(27)30-12-16(28)22-19-25-24-18(31-19)13-6-8-15(29-2)9-7-13/h4-11H,3,12H2,1-2H3,(H,22,25,28). The molecular weight excluding hydrogens is 434 g/mol. The Bertz CT molecular complexity index is 1160.